The van der Waals surface area contributed by atoms with Crippen LogP contribution in [-0.4, -0.2) is 10.1 Å². The Bertz CT molecular complexity index is 143. The van der Waals surface area contributed by atoms with Crippen molar-refractivity contribution in [3.8, 4) is 0 Å². The number of hydrogen-bond acceptors (Lipinski definition) is 3. The van der Waals surface area contributed by atoms with Gasteiger partial charge in [0.2, 0.25) is 5.89 Å². The summed E-state index contributed by atoms with van der Waals surface area (Å²) in [5.74, 6) is 1.31. The summed E-state index contributed by atoms with van der Waals surface area (Å²) in [5.41, 5.74) is 0. The maximum Gasteiger partial charge on any atom is 0.223 e. The number of aryl methyl sites for hydroxylation is 2. The Labute approximate surface area is 48.7 Å². The zero-order valence-corrected chi connectivity index (χ0v) is 4.30. The van der Waals surface area contributed by atoms with Gasteiger partial charge in [0.1, 0.15) is 0 Å². The SMILES string of the molecule is C.Cc1noc(C)n1. The molecule has 0 N–H and O–H groups in total. The summed E-state index contributed by atoms with van der Waals surface area (Å²) in [5, 5.41) is 3.53. The zero-order chi connectivity index (χ0) is 5.28. The smallest absolute Gasteiger partial charge is 0.223 e. The van der Waals surface area contributed by atoms with Crippen molar-refractivity contribution in [2.24, 2.45) is 0 Å². The highest BCUT2D eigenvalue weighted by atomic mass is 16.5. The molecule has 0 radical (unpaired) electrons. The van der Waals surface area contributed by atoms with E-state index in [9.17, 15) is 0 Å². The molecule has 0 saturated heterocycles. The van der Waals surface area contributed by atoms with Crippen LogP contribution in [0.5, 0.6) is 0 Å². The Morgan fingerprint density at radius 3 is 2.12 bits per heavy atom. The Balaban J connectivity index is 0.000000490. The van der Waals surface area contributed by atoms with Crippen molar-refractivity contribution in [3.05, 3.63) is 11.7 Å². The standard InChI is InChI=1S/C4H6N2O.CH4/c1-3-5-4(2)7-6-3;/h1-2H3;1H4. The fourth-order valence-corrected chi connectivity index (χ4v) is 0.401. The summed E-state index contributed by atoms with van der Waals surface area (Å²) in [6, 6.07) is 0. The van der Waals surface area contributed by atoms with Gasteiger partial charge in [0, 0.05) is 6.92 Å². The lowest BCUT2D eigenvalue weighted by Gasteiger charge is -1.64. The summed E-state index contributed by atoms with van der Waals surface area (Å²) in [6.07, 6.45) is 0. The minimum absolute atomic E-state index is 0. The number of aromatic nitrogens is 2. The maximum atomic E-state index is 4.60. The number of rotatable bonds is 0. The first-order valence-electron chi connectivity index (χ1n) is 2.06. The van der Waals surface area contributed by atoms with E-state index in [1.165, 1.54) is 0 Å². The molecule has 1 aromatic rings. The quantitative estimate of drug-likeness (QED) is 0.510. The maximum absolute atomic E-state index is 4.60. The van der Waals surface area contributed by atoms with Crippen LogP contribution in [0.3, 0.4) is 0 Å². The molecular weight excluding hydrogens is 104 g/mol. The summed E-state index contributed by atoms with van der Waals surface area (Å²) in [7, 11) is 0. The normalized spacial score (nSPS) is 8.25. The number of hydrogen-bond donors (Lipinski definition) is 0. The summed E-state index contributed by atoms with van der Waals surface area (Å²) < 4.78 is 4.60. The van der Waals surface area contributed by atoms with Crippen LogP contribution in [0.15, 0.2) is 4.52 Å². The second-order valence-electron chi connectivity index (χ2n) is 1.36. The Morgan fingerprint density at radius 2 is 2.00 bits per heavy atom. The van der Waals surface area contributed by atoms with Crippen molar-refractivity contribution < 1.29 is 4.52 Å². The van der Waals surface area contributed by atoms with Gasteiger partial charge in [-0.25, -0.2) is 0 Å². The van der Waals surface area contributed by atoms with Gasteiger partial charge < -0.3 is 4.52 Å². The van der Waals surface area contributed by atoms with Crippen molar-refractivity contribution >= 4 is 0 Å². The molecule has 3 nitrogen and oxygen atoms in total. The monoisotopic (exact) mass is 114 g/mol. The molecule has 3 heteroatoms. The van der Waals surface area contributed by atoms with Gasteiger partial charge in [0.25, 0.3) is 0 Å². The summed E-state index contributed by atoms with van der Waals surface area (Å²) in [6.45, 7) is 3.55. The molecule has 0 saturated carbocycles. The number of nitrogens with zero attached hydrogens (tertiary/aromatic N) is 2. The van der Waals surface area contributed by atoms with Crippen LogP contribution in [0.1, 0.15) is 19.1 Å². The van der Waals surface area contributed by atoms with Crippen LogP contribution in [0.4, 0.5) is 0 Å². The van der Waals surface area contributed by atoms with E-state index in [4.69, 9.17) is 0 Å². The molecular formula is C5H10N2O. The van der Waals surface area contributed by atoms with E-state index in [0.29, 0.717) is 11.7 Å². The second-order valence-corrected chi connectivity index (χ2v) is 1.36. The fourth-order valence-electron chi connectivity index (χ4n) is 0.401. The highest BCUT2D eigenvalue weighted by molar-refractivity contribution is 4.77. The lowest BCUT2D eigenvalue weighted by Crippen LogP contribution is -1.70. The largest absolute Gasteiger partial charge is 0.340 e. The molecule has 8 heavy (non-hydrogen) atoms. The molecule has 0 aliphatic carbocycles. The average Bonchev–Trinajstić information content (AvgIpc) is 1.87. The minimum atomic E-state index is 0. The molecule has 46 valence electrons. The van der Waals surface area contributed by atoms with Crippen molar-refractivity contribution in [1.29, 1.82) is 0 Å². The predicted molar refractivity (Wildman–Crippen MR) is 30.5 cm³/mol. The second kappa shape index (κ2) is 2.45. The molecule has 0 fully saturated rings. The van der Waals surface area contributed by atoms with Crippen LogP contribution in [0.25, 0.3) is 0 Å². The van der Waals surface area contributed by atoms with Gasteiger partial charge in [0.05, 0.1) is 0 Å². The van der Waals surface area contributed by atoms with Gasteiger partial charge in [-0.3, -0.25) is 0 Å². The van der Waals surface area contributed by atoms with Gasteiger partial charge in [-0.15, -0.1) is 0 Å². The first-order chi connectivity index (χ1) is 3.29. The van der Waals surface area contributed by atoms with E-state index in [0.717, 1.165) is 0 Å². The van der Waals surface area contributed by atoms with E-state index in [-0.39, 0.29) is 7.43 Å². The van der Waals surface area contributed by atoms with Crippen molar-refractivity contribution in [3.63, 3.8) is 0 Å². The molecule has 1 rings (SSSR count). The molecule has 0 spiro atoms. The van der Waals surface area contributed by atoms with Gasteiger partial charge in [-0.1, -0.05) is 12.6 Å². The van der Waals surface area contributed by atoms with Crippen LogP contribution >= 0.6 is 0 Å². The summed E-state index contributed by atoms with van der Waals surface area (Å²) >= 11 is 0. The first kappa shape index (κ1) is 7.14. The Hall–Kier alpha value is -0.860. The molecule has 0 aliphatic rings. The summed E-state index contributed by atoms with van der Waals surface area (Å²) in [4.78, 5) is 3.83. The van der Waals surface area contributed by atoms with Crippen LogP contribution in [-0.2, 0) is 0 Å². The predicted octanol–water partition coefficient (Wildman–Crippen LogP) is 1.32. The topological polar surface area (TPSA) is 38.9 Å². The third-order valence-corrected chi connectivity index (χ3v) is 0.629. The molecule has 0 bridgehead atoms. The highest BCUT2D eigenvalue weighted by Crippen LogP contribution is 1.89. The van der Waals surface area contributed by atoms with Crippen LogP contribution < -0.4 is 0 Å². The third-order valence-electron chi connectivity index (χ3n) is 0.629. The van der Waals surface area contributed by atoms with Gasteiger partial charge in [0.15, 0.2) is 5.82 Å². The Kier molecular flexibility index (Phi) is 2.19. The molecule has 0 aromatic carbocycles. The average molecular weight is 114 g/mol. The highest BCUT2D eigenvalue weighted by Gasteiger charge is 1.89. The molecule has 0 unspecified atom stereocenters. The Morgan fingerprint density at radius 1 is 1.38 bits per heavy atom. The zero-order valence-electron chi connectivity index (χ0n) is 4.30. The van der Waals surface area contributed by atoms with Gasteiger partial charge in [-0.05, 0) is 6.92 Å². The van der Waals surface area contributed by atoms with Crippen molar-refractivity contribution in [2.45, 2.75) is 21.3 Å². The van der Waals surface area contributed by atoms with E-state index in [1.54, 1.807) is 13.8 Å². The lowest BCUT2D eigenvalue weighted by molar-refractivity contribution is 0.389. The molecule has 0 atom stereocenters. The van der Waals surface area contributed by atoms with E-state index < -0.39 is 0 Å². The van der Waals surface area contributed by atoms with E-state index in [1.807, 2.05) is 0 Å². The van der Waals surface area contributed by atoms with E-state index in [2.05, 4.69) is 14.7 Å². The molecule has 0 aliphatic heterocycles. The van der Waals surface area contributed by atoms with E-state index >= 15 is 0 Å². The first-order valence-corrected chi connectivity index (χ1v) is 2.06. The van der Waals surface area contributed by atoms with Crippen LogP contribution in [0, 0.1) is 13.8 Å². The van der Waals surface area contributed by atoms with Crippen LogP contribution in [0.2, 0.25) is 0 Å². The fraction of sp³-hybridized carbons (Fsp3) is 0.600. The van der Waals surface area contributed by atoms with Gasteiger partial charge >= 0.3 is 0 Å². The van der Waals surface area contributed by atoms with Crippen molar-refractivity contribution in [1.82, 2.24) is 10.1 Å². The van der Waals surface area contributed by atoms with Gasteiger partial charge in [-0.2, -0.15) is 4.98 Å². The lowest BCUT2D eigenvalue weighted by atomic mass is 10.7. The minimum Gasteiger partial charge on any atom is -0.340 e. The molecule has 0 amide bonds. The molecule has 1 heterocycles. The molecule has 1 aromatic heterocycles. The van der Waals surface area contributed by atoms with Crippen molar-refractivity contribution in [2.75, 3.05) is 0 Å². The third kappa shape index (κ3) is 1.33.